The highest BCUT2D eigenvalue weighted by Crippen LogP contribution is 2.37. The van der Waals surface area contributed by atoms with E-state index in [1.54, 1.807) is 37.9 Å². The number of aromatic nitrogens is 7. The lowest BCUT2D eigenvalue weighted by Crippen LogP contribution is -2.19. The van der Waals surface area contributed by atoms with Gasteiger partial charge in [-0.3, -0.25) is 14.6 Å². The number of aryl methyl sites for hydroxylation is 1. The minimum Gasteiger partial charge on any atom is -0.482 e. The molecule has 2 aromatic carbocycles. The number of ether oxygens (including phenoxy) is 1. The lowest BCUT2D eigenvalue weighted by molar-refractivity contribution is -0.153. The van der Waals surface area contributed by atoms with Crippen LogP contribution in [0.3, 0.4) is 0 Å². The molecule has 0 unspecified atom stereocenters. The van der Waals surface area contributed by atoms with E-state index in [9.17, 15) is 13.2 Å². The van der Waals surface area contributed by atoms with Gasteiger partial charge in [-0.05, 0) is 37.6 Å². The summed E-state index contributed by atoms with van der Waals surface area (Å²) in [5.74, 6) is -0.663. The fourth-order valence-corrected chi connectivity index (χ4v) is 5.84. The van der Waals surface area contributed by atoms with Crippen LogP contribution in [0.25, 0.3) is 33.2 Å². The van der Waals surface area contributed by atoms with E-state index in [-0.39, 0.29) is 22.9 Å². The Kier molecular flexibility index (Phi) is 7.30. The smallest absolute Gasteiger partial charge is 0.422 e. The van der Waals surface area contributed by atoms with Gasteiger partial charge >= 0.3 is 6.18 Å². The molecule has 10 nitrogen and oxygen atoms in total. The largest absolute Gasteiger partial charge is 0.482 e. The van der Waals surface area contributed by atoms with Crippen molar-refractivity contribution in [3.63, 3.8) is 0 Å². The van der Waals surface area contributed by atoms with Gasteiger partial charge < -0.3 is 20.4 Å². The molecule has 15 heteroatoms. The maximum Gasteiger partial charge on any atom is 0.422 e. The van der Waals surface area contributed by atoms with E-state index >= 15 is 4.39 Å². The predicted octanol–water partition coefficient (Wildman–Crippen LogP) is 6.24. The lowest BCUT2D eigenvalue weighted by Gasteiger charge is -2.18. The molecule has 0 atom stereocenters. The monoisotopic (exact) mass is 609 g/mol. The van der Waals surface area contributed by atoms with Crippen molar-refractivity contribution in [1.82, 2.24) is 34.7 Å². The molecule has 0 amide bonds. The van der Waals surface area contributed by atoms with Crippen LogP contribution >= 0.6 is 7.92 Å². The summed E-state index contributed by atoms with van der Waals surface area (Å²) in [6.07, 6.45) is 3.39. The van der Waals surface area contributed by atoms with E-state index < -0.39 is 26.5 Å². The van der Waals surface area contributed by atoms with Crippen LogP contribution in [-0.2, 0) is 7.05 Å². The molecule has 43 heavy (non-hydrogen) atoms. The number of anilines is 4. The molecule has 0 saturated carbocycles. The Morgan fingerprint density at radius 2 is 1.84 bits per heavy atom. The highest BCUT2D eigenvalue weighted by atomic mass is 31.1. The van der Waals surface area contributed by atoms with Crippen LogP contribution in [0, 0.1) is 5.82 Å². The Morgan fingerprint density at radius 3 is 2.58 bits per heavy atom. The minimum absolute atomic E-state index is 0.0358. The highest BCUT2D eigenvalue weighted by Gasteiger charge is 2.29. The van der Waals surface area contributed by atoms with Crippen molar-refractivity contribution < 1.29 is 22.3 Å². The topological polar surface area (TPSA) is 118 Å². The van der Waals surface area contributed by atoms with Crippen LogP contribution in [-0.4, -0.2) is 60.8 Å². The Labute approximate surface area is 243 Å². The van der Waals surface area contributed by atoms with E-state index in [1.165, 1.54) is 16.9 Å². The Morgan fingerprint density at radius 1 is 1.02 bits per heavy atom. The van der Waals surface area contributed by atoms with Gasteiger partial charge in [0.15, 0.2) is 6.61 Å². The number of fused-ring (bicyclic) bond motifs is 2. The van der Waals surface area contributed by atoms with E-state index in [1.807, 2.05) is 12.1 Å². The molecule has 4 aromatic heterocycles. The third-order valence-electron chi connectivity index (χ3n) is 6.45. The standard InChI is InChI=1S/C28H24F4N9OP/c1-41-13-15(12-36-41)17-10-21(22(11-18(17)29)42-14-28(30,31)32)38-27-39-25-16(6-7-35-25)26(40-27)37-20-5-4-19-23(24(20)43(2)3)34-9-8-33-19/h4-13H,14H2,1-3H3,(H3,35,37,38,39,40). The van der Waals surface area contributed by atoms with Gasteiger partial charge in [0, 0.05) is 60.0 Å². The van der Waals surface area contributed by atoms with Crippen molar-refractivity contribution in [2.45, 2.75) is 6.18 Å². The molecular weight excluding hydrogens is 585 g/mol. The fourth-order valence-electron chi connectivity index (χ4n) is 4.63. The molecule has 0 spiro atoms. The zero-order chi connectivity index (χ0) is 30.3. The summed E-state index contributed by atoms with van der Waals surface area (Å²) in [6.45, 7) is 2.61. The quantitative estimate of drug-likeness (QED) is 0.137. The van der Waals surface area contributed by atoms with E-state index in [2.05, 4.69) is 54.0 Å². The van der Waals surface area contributed by atoms with Crippen molar-refractivity contribution in [1.29, 1.82) is 0 Å². The first-order valence-electron chi connectivity index (χ1n) is 12.9. The first-order valence-corrected chi connectivity index (χ1v) is 15.1. The zero-order valence-corrected chi connectivity index (χ0v) is 23.9. The van der Waals surface area contributed by atoms with Gasteiger partial charge in [-0.25, -0.2) is 4.39 Å². The van der Waals surface area contributed by atoms with Crippen molar-refractivity contribution in [3.8, 4) is 16.9 Å². The average molecular weight is 610 g/mol. The van der Waals surface area contributed by atoms with Crippen LogP contribution in [0.5, 0.6) is 5.75 Å². The molecule has 0 bridgehead atoms. The van der Waals surface area contributed by atoms with Crippen molar-refractivity contribution in [3.05, 3.63) is 67.1 Å². The lowest BCUT2D eigenvalue weighted by atomic mass is 10.1. The van der Waals surface area contributed by atoms with Crippen LogP contribution in [0.1, 0.15) is 0 Å². The molecule has 4 heterocycles. The van der Waals surface area contributed by atoms with Crippen molar-refractivity contribution in [2.75, 3.05) is 30.6 Å². The molecule has 6 rings (SSSR count). The summed E-state index contributed by atoms with van der Waals surface area (Å²) in [5.41, 5.74) is 3.36. The SMILES string of the molecule is Cn1cc(-c2cc(Nc3nc(Nc4ccc5nccnc5c4P(C)C)c4cc[nH]c4n3)c(OCC(F)(F)F)cc2F)cn1. The summed E-state index contributed by atoms with van der Waals surface area (Å²) in [7, 11) is 1.05. The maximum absolute atomic E-state index is 15.1. The number of hydrogen-bond donors (Lipinski definition) is 3. The van der Waals surface area contributed by atoms with Crippen LogP contribution in [0.2, 0.25) is 0 Å². The average Bonchev–Trinajstić information content (AvgIpc) is 3.61. The summed E-state index contributed by atoms with van der Waals surface area (Å²) >= 11 is 0. The van der Waals surface area contributed by atoms with Gasteiger partial charge in [-0.15, -0.1) is 0 Å². The molecule has 0 fully saturated rings. The van der Waals surface area contributed by atoms with Crippen LogP contribution < -0.4 is 20.7 Å². The van der Waals surface area contributed by atoms with Gasteiger partial charge in [0.05, 0.1) is 28.3 Å². The van der Waals surface area contributed by atoms with E-state index in [4.69, 9.17) is 4.74 Å². The molecule has 0 saturated heterocycles. The number of H-pyrrole nitrogens is 1. The Hall–Kier alpha value is -4.84. The molecule has 0 aliphatic rings. The summed E-state index contributed by atoms with van der Waals surface area (Å²) in [6, 6.07) is 7.82. The minimum atomic E-state index is -4.63. The van der Waals surface area contributed by atoms with Crippen LogP contribution in [0.4, 0.5) is 40.7 Å². The maximum atomic E-state index is 15.1. The van der Waals surface area contributed by atoms with Gasteiger partial charge in [0.25, 0.3) is 0 Å². The Bertz CT molecular complexity index is 1950. The number of rotatable bonds is 8. The third kappa shape index (κ3) is 5.91. The number of benzene rings is 2. The summed E-state index contributed by atoms with van der Waals surface area (Å²) in [4.78, 5) is 21.2. The number of halogens is 4. The number of nitrogens with zero attached hydrogens (tertiary/aromatic N) is 6. The van der Waals surface area contributed by atoms with E-state index in [0.717, 1.165) is 28.1 Å². The molecular formula is C28H24F4N9OP. The first-order chi connectivity index (χ1) is 20.6. The fraction of sp³-hybridized carbons (Fsp3) is 0.179. The normalized spacial score (nSPS) is 11.9. The second-order valence-corrected chi connectivity index (χ2v) is 12.0. The second-order valence-electron chi connectivity index (χ2n) is 9.80. The molecule has 0 aliphatic carbocycles. The van der Waals surface area contributed by atoms with Crippen molar-refractivity contribution >= 4 is 58.4 Å². The molecule has 0 radical (unpaired) electrons. The third-order valence-corrected chi connectivity index (χ3v) is 7.80. The van der Waals surface area contributed by atoms with Gasteiger partial charge in [0.2, 0.25) is 5.95 Å². The number of aromatic amines is 1. The summed E-state index contributed by atoms with van der Waals surface area (Å²) in [5, 5.41) is 12.1. The van der Waals surface area contributed by atoms with Crippen molar-refractivity contribution in [2.24, 2.45) is 7.05 Å². The van der Waals surface area contributed by atoms with Gasteiger partial charge in [0.1, 0.15) is 23.0 Å². The number of alkyl halides is 3. The zero-order valence-electron chi connectivity index (χ0n) is 23.0. The Balaban J connectivity index is 1.42. The highest BCUT2D eigenvalue weighted by molar-refractivity contribution is 7.65. The predicted molar refractivity (Wildman–Crippen MR) is 159 cm³/mol. The molecule has 3 N–H and O–H groups in total. The number of hydrogen-bond acceptors (Lipinski definition) is 8. The number of nitrogens with one attached hydrogen (secondary N) is 3. The molecule has 0 aliphatic heterocycles. The van der Waals surface area contributed by atoms with Crippen LogP contribution in [0.15, 0.2) is 61.3 Å². The molecule has 6 aromatic rings. The van der Waals surface area contributed by atoms with Gasteiger partial charge in [-0.1, -0.05) is 7.92 Å². The van der Waals surface area contributed by atoms with E-state index in [0.29, 0.717) is 22.4 Å². The summed E-state index contributed by atoms with van der Waals surface area (Å²) < 4.78 is 60.7. The molecule has 220 valence electrons. The van der Waals surface area contributed by atoms with Gasteiger partial charge in [-0.2, -0.15) is 28.2 Å². The second kappa shape index (κ2) is 11.1. The first kappa shape index (κ1) is 28.3.